The summed E-state index contributed by atoms with van der Waals surface area (Å²) in [7, 11) is 2.10. The summed E-state index contributed by atoms with van der Waals surface area (Å²) >= 11 is 5.93. The van der Waals surface area contributed by atoms with Crippen LogP contribution in [0, 0.1) is 0 Å². The summed E-state index contributed by atoms with van der Waals surface area (Å²) in [4.78, 5) is 48.0. The number of hydrogen-bond acceptors (Lipinski definition) is 6. The van der Waals surface area contributed by atoms with Gasteiger partial charge >= 0.3 is 5.97 Å². The van der Waals surface area contributed by atoms with E-state index in [2.05, 4.69) is 27.1 Å². The van der Waals surface area contributed by atoms with Crippen molar-refractivity contribution in [2.45, 2.75) is 13.0 Å². The number of hydrogen-bond donors (Lipinski definition) is 2. The molecule has 0 bridgehead atoms. The van der Waals surface area contributed by atoms with E-state index in [0.29, 0.717) is 22.0 Å². The number of halogens is 1. The van der Waals surface area contributed by atoms with E-state index in [0.717, 1.165) is 48.6 Å². The number of pyridine rings is 1. The molecule has 2 heterocycles. The van der Waals surface area contributed by atoms with Crippen molar-refractivity contribution in [1.82, 2.24) is 14.8 Å². The second-order valence-corrected chi connectivity index (χ2v) is 11.2. The Morgan fingerprint density at radius 1 is 0.886 bits per heavy atom. The van der Waals surface area contributed by atoms with Crippen molar-refractivity contribution >= 4 is 40.8 Å². The Morgan fingerprint density at radius 3 is 2.34 bits per heavy atom. The third-order valence-electron chi connectivity index (χ3n) is 7.62. The number of carboxylic acid groups (broad SMARTS) is 1. The molecular formula is C34H34ClN5O4. The van der Waals surface area contributed by atoms with E-state index < -0.39 is 5.97 Å². The minimum Gasteiger partial charge on any atom is -0.481 e. The van der Waals surface area contributed by atoms with E-state index in [1.165, 1.54) is 6.20 Å². The average molecular weight is 612 g/mol. The molecule has 0 saturated carbocycles. The van der Waals surface area contributed by atoms with Crippen LogP contribution in [0.5, 0.6) is 0 Å². The SMILES string of the molecule is CN1CCN(c2ccc(-c3cccc(CN(CCC(=O)O)C(=O)c4ccccc4)c3)cc2NC(=O)c2ccc(Cl)nc2)CC1. The molecular weight excluding hydrogens is 578 g/mol. The van der Waals surface area contributed by atoms with Crippen LogP contribution in [-0.4, -0.2) is 77.4 Å². The maximum atomic E-state index is 13.3. The number of aliphatic carboxylic acids is 1. The Hall–Kier alpha value is -4.73. The van der Waals surface area contributed by atoms with Gasteiger partial charge in [0, 0.05) is 51.0 Å². The van der Waals surface area contributed by atoms with Crippen LogP contribution in [0.4, 0.5) is 11.4 Å². The van der Waals surface area contributed by atoms with Gasteiger partial charge in [0.25, 0.3) is 11.8 Å². The highest BCUT2D eigenvalue weighted by Crippen LogP contribution is 2.33. The third-order valence-corrected chi connectivity index (χ3v) is 7.84. The first-order valence-electron chi connectivity index (χ1n) is 14.4. The molecule has 0 aliphatic carbocycles. The number of carboxylic acids is 1. The van der Waals surface area contributed by atoms with E-state index in [9.17, 15) is 19.5 Å². The zero-order chi connectivity index (χ0) is 31.1. The second-order valence-electron chi connectivity index (χ2n) is 10.8. The Morgan fingerprint density at radius 2 is 1.64 bits per heavy atom. The van der Waals surface area contributed by atoms with Crippen molar-refractivity contribution in [2.24, 2.45) is 0 Å². The number of benzene rings is 3. The van der Waals surface area contributed by atoms with Gasteiger partial charge in [0.15, 0.2) is 0 Å². The van der Waals surface area contributed by atoms with E-state index in [4.69, 9.17) is 11.6 Å². The van der Waals surface area contributed by atoms with Crippen LogP contribution >= 0.6 is 11.6 Å². The van der Waals surface area contributed by atoms with Gasteiger partial charge < -0.3 is 25.1 Å². The van der Waals surface area contributed by atoms with Crippen molar-refractivity contribution < 1.29 is 19.5 Å². The number of likely N-dealkylation sites (N-methyl/N-ethyl adjacent to an activating group) is 1. The highest BCUT2D eigenvalue weighted by atomic mass is 35.5. The molecule has 0 spiro atoms. The van der Waals surface area contributed by atoms with E-state index in [-0.39, 0.29) is 31.3 Å². The first-order valence-corrected chi connectivity index (χ1v) is 14.8. The van der Waals surface area contributed by atoms with Gasteiger partial charge in [-0.1, -0.05) is 54.1 Å². The molecule has 5 rings (SSSR count). The van der Waals surface area contributed by atoms with Crippen molar-refractivity contribution in [3.05, 3.63) is 113 Å². The second kappa shape index (κ2) is 14.2. The topological polar surface area (TPSA) is 106 Å². The summed E-state index contributed by atoms with van der Waals surface area (Å²) in [5, 5.41) is 12.7. The maximum absolute atomic E-state index is 13.3. The molecule has 0 radical (unpaired) electrons. The van der Waals surface area contributed by atoms with Crippen LogP contribution in [0.2, 0.25) is 5.15 Å². The van der Waals surface area contributed by atoms with Gasteiger partial charge in [-0.3, -0.25) is 14.4 Å². The highest BCUT2D eigenvalue weighted by Gasteiger charge is 2.21. The van der Waals surface area contributed by atoms with Crippen molar-refractivity contribution in [2.75, 3.05) is 50.0 Å². The number of aromatic nitrogens is 1. The van der Waals surface area contributed by atoms with Gasteiger partial charge in [0.05, 0.1) is 23.4 Å². The zero-order valence-electron chi connectivity index (χ0n) is 24.4. The molecule has 0 unspecified atom stereocenters. The first kappa shape index (κ1) is 30.7. The molecule has 1 aliphatic rings. The molecule has 3 aromatic carbocycles. The maximum Gasteiger partial charge on any atom is 0.305 e. The Bertz CT molecular complexity index is 1620. The molecule has 9 nitrogen and oxygen atoms in total. The van der Waals surface area contributed by atoms with Crippen LogP contribution in [0.15, 0.2) is 91.1 Å². The van der Waals surface area contributed by atoms with Crippen LogP contribution in [-0.2, 0) is 11.3 Å². The number of nitrogens with zero attached hydrogens (tertiary/aromatic N) is 4. The van der Waals surface area contributed by atoms with Gasteiger partial charge in [0.2, 0.25) is 0 Å². The number of nitrogens with one attached hydrogen (secondary N) is 1. The number of piperazine rings is 1. The minimum atomic E-state index is -0.964. The van der Waals surface area contributed by atoms with Crippen LogP contribution in [0.25, 0.3) is 11.1 Å². The van der Waals surface area contributed by atoms with Gasteiger partial charge in [-0.2, -0.15) is 0 Å². The molecule has 1 fully saturated rings. The quantitative estimate of drug-likeness (QED) is 0.227. The fraction of sp³-hybridized carbons (Fsp3) is 0.235. The lowest BCUT2D eigenvalue weighted by atomic mass is 10.0. The molecule has 10 heteroatoms. The molecule has 1 aliphatic heterocycles. The lowest BCUT2D eigenvalue weighted by molar-refractivity contribution is -0.137. The van der Waals surface area contributed by atoms with Crippen molar-refractivity contribution in [3.63, 3.8) is 0 Å². The normalized spacial score (nSPS) is 13.4. The van der Waals surface area contributed by atoms with Crippen molar-refractivity contribution in [3.8, 4) is 11.1 Å². The third kappa shape index (κ3) is 7.80. The fourth-order valence-electron chi connectivity index (χ4n) is 5.16. The average Bonchev–Trinajstić information content (AvgIpc) is 3.04. The summed E-state index contributed by atoms with van der Waals surface area (Å²) in [6.45, 7) is 3.83. The lowest BCUT2D eigenvalue weighted by Crippen LogP contribution is -2.44. The number of amides is 2. The Labute approximate surface area is 261 Å². The molecule has 44 heavy (non-hydrogen) atoms. The molecule has 0 atom stereocenters. The molecule has 1 saturated heterocycles. The van der Waals surface area contributed by atoms with Gasteiger partial charge in [-0.15, -0.1) is 0 Å². The Balaban J connectivity index is 1.43. The molecule has 2 N–H and O–H groups in total. The van der Waals surface area contributed by atoms with Gasteiger partial charge in [0.1, 0.15) is 5.15 Å². The van der Waals surface area contributed by atoms with E-state index in [1.54, 1.807) is 41.3 Å². The summed E-state index contributed by atoms with van der Waals surface area (Å²) < 4.78 is 0. The monoisotopic (exact) mass is 611 g/mol. The van der Waals surface area contributed by atoms with Gasteiger partial charge in [-0.25, -0.2) is 4.98 Å². The smallest absolute Gasteiger partial charge is 0.305 e. The highest BCUT2D eigenvalue weighted by molar-refractivity contribution is 6.29. The summed E-state index contributed by atoms with van der Waals surface area (Å²) in [5.41, 5.74) is 5.17. The number of anilines is 2. The number of rotatable bonds is 10. The minimum absolute atomic E-state index is 0.0861. The largest absolute Gasteiger partial charge is 0.481 e. The first-order chi connectivity index (χ1) is 21.3. The van der Waals surface area contributed by atoms with Crippen molar-refractivity contribution in [1.29, 1.82) is 0 Å². The standard InChI is InChI=1S/C34H34ClN5O4/c1-38-16-18-39(19-17-38)30-12-10-27(21-29(30)37-33(43)28-11-13-31(35)36-22-28)26-9-5-6-24(20-26)23-40(15-14-32(41)42)34(44)25-7-3-2-4-8-25/h2-13,20-22H,14-19,23H2,1H3,(H,37,43)(H,41,42). The number of carbonyl (C=O) groups excluding carboxylic acids is 2. The van der Waals surface area contributed by atoms with Crippen LogP contribution < -0.4 is 10.2 Å². The number of carbonyl (C=O) groups is 3. The molecule has 226 valence electrons. The predicted molar refractivity (Wildman–Crippen MR) is 172 cm³/mol. The van der Waals surface area contributed by atoms with Crippen LogP contribution in [0.3, 0.4) is 0 Å². The molecule has 1 aromatic heterocycles. The van der Waals surface area contributed by atoms with Gasteiger partial charge in [-0.05, 0) is 66.2 Å². The Kier molecular flexibility index (Phi) is 9.89. The zero-order valence-corrected chi connectivity index (χ0v) is 25.2. The molecule has 2 amide bonds. The summed E-state index contributed by atoms with van der Waals surface area (Å²) in [6.07, 6.45) is 1.30. The van der Waals surface area contributed by atoms with Crippen LogP contribution in [0.1, 0.15) is 32.7 Å². The lowest BCUT2D eigenvalue weighted by Gasteiger charge is -2.35. The summed E-state index contributed by atoms with van der Waals surface area (Å²) in [6, 6.07) is 25.9. The summed E-state index contributed by atoms with van der Waals surface area (Å²) in [5.74, 6) is -1.48. The van der Waals surface area contributed by atoms with E-state index in [1.807, 2.05) is 48.5 Å². The fourth-order valence-corrected chi connectivity index (χ4v) is 5.27. The molecule has 4 aromatic rings. The van der Waals surface area contributed by atoms with E-state index >= 15 is 0 Å². The predicted octanol–water partition coefficient (Wildman–Crippen LogP) is 5.52.